The number of carbonyl (C=O) groups excluding carboxylic acids is 1. The van der Waals surface area contributed by atoms with Crippen molar-refractivity contribution in [3.8, 4) is 11.5 Å². The van der Waals surface area contributed by atoms with E-state index in [-0.39, 0.29) is 36.3 Å². The Morgan fingerprint density at radius 1 is 1.18 bits per heavy atom. The lowest BCUT2D eigenvalue weighted by molar-refractivity contribution is -0.141. The van der Waals surface area contributed by atoms with Crippen LogP contribution in [0.3, 0.4) is 0 Å². The number of nitrogens with two attached hydrogens (primary N) is 1. The maximum atomic E-state index is 13.1. The highest BCUT2D eigenvalue weighted by molar-refractivity contribution is 7.98. The van der Waals surface area contributed by atoms with Gasteiger partial charge in [0, 0.05) is 30.6 Å². The Bertz CT molecular complexity index is 1700. The van der Waals surface area contributed by atoms with Crippen LogP contribution in [-0.2, 0) is 32.0 Å². The number of nitrogens with one attached hydrogen (secondary N) is 1. The van der Waals surface area contributed by atoms with Gasteiger partial charge < -0.3 is 25.0 Å². The van der Waals surface area contributed by atoms with Crippen molar-refractivity contribution in [1.82, 2.24) is 25.3 Å². The van der Waals surface area contributed by atoms with Crippen molar-refractivity contribution in [3.63, 3.8) is 0 Å². The van der Waals surface area contributed by atoms with E-state index >= 15 is 0 Å². The number of halogens is 1. The van der Waals surface area contributed by atoms with Crippen LogP contribution in [0.5, 0.6) is 11.5 Å². The number of thioether (sulfide) groups is 1. The van der Waals surface area contributed by atoms with Crippen LogP contribution in [0.15, 0.2) is 53.0 Å². The number of fused-ring (bicyclic) bond motifs is 1. The number of ether oxygens (including phenoxy) is 2. The van der Waals surface area contributed by atoms with E-state index in [9.17, 15) is 32.6 Å². The molecule has 0 unspecified atom stereocenters. The van der Waals surface area contributed by atoms with Crippen LogP contribution in [-0.4, -0.2) is 82.2 Å². The summed E-state index contributed by atoms with van der Waals surface area (Å²) in [4.78, 5) is 29.0. The van der Waals surface area contributed by atoms with Crippen LogP contribution >= 0.6 is 23.1 Å². The van der Waals surface area contributed by atoms with Gasteiger partial charge in [0.25, 0.3) is 10.0 Å². The van der Waals surface area contributed by atoms with Gasteiger partial charge in [-0.25, -0.2) is 32.4 Å². The van der Waals surface area contributed by atoms with Gasteiger partial charge in [0.2, 0.25) is 10.2 Å². The molecule has 0 fully saturated rings. The number of hydrogen-bond donors (Lipinski definition) is 4. The number of sulfonamides is 1. The predicted molar refractivity (Wildman–Crippen MR) is 160 cm³/mol. The number of carboxylic acid groups (broad SMARTS) is 1. The number of carbonyl (C=O) groups is 2. The van der Waals surface area contributed by atoms with E-state index in [2.05, 4.69) is 20.6 Å². The molecule has 0 aliphatic rings. The standard InChI is InChI=1S/C26H29FN6O8S3/c27-7-9-40-18-3-1-2-16(10-18)14-42-15-21(25(36)37)29-24(35)22(6-8-34)33-12-17(31-32-33)13-41-19-4-5-23-20(11-19)30-26(43-23)44(28,38)39/h1-5,10-12,21-22,34H,6-9,13-15H2,(H,29,35)(H,36,37)(H2,28,38,39)/t21-,22-/m0/s1. The molecule has 0 saturated heterocycles. The van der Waals surface area contributed by atoms with Crippen molar-refractivity contribution >= 4 is 55.2 Å². The molecule has 0 spiro atoms. The number of thiazole rings is 1. The molecule has 14 nitrogen and oxygen atoms in total. The van der Waals surface area contributed by atoms with Crippen molar-refractivity contribution < 1.29 is 42.1 Å². The van der Waals surface area contributed by atoms with Crippen LogP contribution in [0, 0.1) is 0 Å². The third-order valence-electron chi connectivity index (χ3n) is 5.96. The summed E-state index contributed by atoms with van der Waals surface area (Å²) in [6, 6.07) is 9.58. The zero-order valence-electron chi connectivity index (χ0n) is 23.0. The normalized spacial score (nSPS) is 13.0. The van der Waals surface area contributed by atoms with Gasteiger partial charge in [-0.05, 0) is 29.8 Å². The summed E-state index contributed by atoms with van der Waals surface area (Å²) in [5.74, 6) is -0.514. The summed E-state index contributed by atoms with van der Waals surface area (Å²) in [6.45, 7) is -1.10. The number of primary sulfonamides is 1. The third kappa shape index (κ3) is 9.08. The fourth-order valence-corrected chi connectivity index (χ4v) is 6.54. The number of aliphatic hydroxyl groups is 1. The van der Waals surface area contributed by atoms with Crippen molar-refractivity contribution in [2.24, 2.45) is 5.14 Å². The fraction of sp³-hybridized carbons (Fsp3) is 0.346. The van der Waals surface area contributed by atoms with Crippen LogP contribution in [0.2, 0.25) is 0 Å². The van der Waals surface area contributed by atoms with Crippen molar-refractivity contribution in [2.45, 2.75) is 35.2 Å². The highest BCUT2D eigenvalue weighted by Crippen LogP contribution is 2.28. The zero-order chi connectivity index (χ0) is 31.7. The summed E-state index contributed by atoms with van der Waals surface area (Å²) < 4.78 is 48.1. The first kappa shape index (κ1) is 33.1. The van der Waals surface area contributed by atoms with E-state index in [0.29, 0.717) is 33.2 Å². The van der Waals surface area contributed by atoms with Gasteiger partial charge in [0.15, 0.2) is 0 Å². The van der Waals surface area contributed by atoms with Crippen LogP contribution in [0.25, 0.3) is 10.2 Å². The van der Waals surface area contributed by atoms with Gasteiger partial charge in [0.1, 0.15) is 49.2 Å². The number of aliphatic hydroxyl groups excluding tert-OH is 1. The zero-order valence-corrected chi connectivity index (χ0v) is 25.5. The quantitative estimate of drug-likeness (QED) is 0.127. The van der Waals surface area contributed by atoms with Crippen LogP contribution < -0.4 is 19.9 Å². The molecule has 0 aliphatic heterocycles. The summed E-state index contributed by atoms with van der Waals surface area (Å²) in [6.07, 6.45) is 1.40. The fourth-order valence-electron chi connectivity index (χ4n) is 3.91. The van der Waals surface area contributed by atoms with E-state index in [1.54, 1.807) is 36.4 Å². The number of nitrogens with zero attached hydrogens (tertiary/aromatic N) is 4. The van der Waals surface area contributed by atoms with Gasteiger partial charge in [-0.2, -0.15) is 11.8 Å². The van der Waals surface area contributed by atoms with Gasteiger partial charge in [-0.3, -0.25) is 4.79 Å². The molecule has 0 aliphatic carbocycles. The molecule has 1 amide bonds. The first-order valence-electron chi connectivity index (χ1n) is 13.0. The Morgan fingerprint density at radius 3 is 2.70 bits per heavy atom. The number of benzene rings is 2. The maximum absolute atomic E-state index is 13.1. The minimum absolute atomic E-state index is 0.0481. The number of aliphatic carboxylic acids is 1. The highest BCUT2D eigenvalue weighted by atomic mass is 32.2. The van der Waals surface area contributed by atoms with E-state index in [0.717, 1.165) is 16.9 Å². The van der Waals surface area contributed by atoms with Crippen LogP contribution in [0.1, 0.15) is 23.7 Å². The lowest BCUT2D eigenvalue weighted by atomic mass is 10.2. The van der Waals surface area contributed by atoms with Crippen molar-refractivity contribution in [1.29, 1.82) is 0 Å². The molecule has 0 bridgehead atoms. The number of alkyl halides is 1. The number of hydrogen-bond acceptors (Lipinski definition) is 12. The number of carboxylic acids is 1. The smallest absolute Gasteiger partial charge is 0.327 e. The second kappa shape index (κ2) is 15.2. The summed E-state index contributed by atoms with van der Waals surface area (Å²) in [5, 5.41) is 34.9. The minimum Gasteiger partial charge on any atom is -0.491 e. The largest absolute Gasteiger partial charge is 0.491 e. The van der Waals surface area contributed by atoms with Gasteiger partial charge in [-0.15, -0.1) is 16.4 Å². The molecule has 18 heteroatoms. The number of aromatic nitrogens is 4. The van der Waals surface area contributed by atoms with Crippen molar-refractivity contribution in [3.05, 3.63) is 59.9 Å². The molecule has 0 radical (unpaired) electrons. The highest BCUT2D eigenvalue weighted by Gasteiger charge is 2.27. The Morgan fingerprint density at radius 2 is 1.98 bits per heavy atom. The van der Waals surface area contributed by atoms with Gasteiger partial charge in [0.05, 0.1) is 16.4 Å². The van der Waals surface area contributed by atoms with Gasteiger partial charge in [-0.1, -0.05) is 17.3 Å². The Hall–Kier alpha value is -3.84. The molecule has 236 valence electrons. The lowest BCUT2D eigenvalue weighted by Crippen LogP contribution is -2.46. The van der Waals surface area contributed by atoms with E-state index in [1.807, 2.05) is 6.07 Å². The lowest BCUT2D eigenvalue weighted by Gasteiger charge is -2.20. The van der Waals surface area contributed by atoms with Gasteiger partial charge >= 0.3 is 5.97 Å². The third-order valence-corrected chi connectivity index (χ3v) is 9.43. The van der Waals surface area contributed by atoms with E-state index in [4.69, 9.17) is 14.6 Å². The molecule has 44 heavy (non-hydrogen) atoms. The minimum atomic E-state index is -3.94. The molecule has 2 atom stereocenters. The first-order valence-corrected chi connectivity index (χ1v) is 16.6. The van der Waals surface area contributed by atoms with E-state index < -0.39 is 40.7 Å². The molecule has 0 saturated carbocycles. The molecule has 2 aromatic carbocycles. The summed E-state index contributed by atoms with van der Waals surface area (Å²) >= 11 is 2.22. The predicted octanol–water partition coefficient (Wildman–Crippen LogP) is 1.89. The number of rotatable bonds is 17. The molecule has 4 rings (SSSR count). The Balaban J connectivity index is 1.34. The molecule has 5 N–H and O–H groups in total. The molecular formula is C26H29FN6O8S3. The number of amides is 1. The average Bonchev–Trinajstić information content (AvgIpc) is 3.64. The first-order chi connectivity index (χ1) is 21.1. The van der Waals surface area contributed by atoms with Crippen molar-refractivity contribution in [2.75, 3.05) is 25.6 Å². The second-order valence-electron chi connectivity index (χ2n) is 9.26. The topological polar surface area (TPSA) is 209 Å². The summed E-state index contributed by atoms with van der Waals surface area (Å²) in [5.41, 5.74) is 1.58. The monoisotopic (exact) mass is 668 g/mol. The van der Waals surface area contributed by atoms with Crippen LogP contribution in [0.4, 0.5) is 4.39 Å². The Kier molecular flexibility index (Phi) is 11.5. The molecule has 4 aromatic rings. The molecule has 2 heterocycles. The summed E-state index contributed by atoms with van der Waals surface area (Å²) in [7, 11) is -3.94. The van der Waals surface area contributed by atoms with E-state index in [1.165, 1.54) is 22.6 Å². The molecule has 2 aromatic heterocycles. The second-order valence-corrected chi connectivity index (χ2v) is 13.1. The SMILES string of the molecule is NS(=O)(=O)c1nc2cc(OCc3cn([C@@H](CCO)C(=O)N[C@@H](CSCc4cccc(OCCF)c4)C(=O)O)nn3)ccc2s1. The molecular weight excluding hydrogens is 640 g/mol. The maximum Gasteiger partial charge on any atom is 0.327 e. The Labute approximate surface area is 259 Å². The average molecular weight is 669 g/mol.